The number of hydrogen-bond acceptors (Lipinski definition) is 2. The van der Waals surface area contributed by atoms with Gasteiger partial charge in [0.1, 0.15) is 5.78 Å². The van der Waals surface area contributed by atoms with Crippen LogP contribution in [0.4, 0.5) is 0 Å². The van der Waals surface area contributed by atoms with E-state index in [4.69, 9.17) is 5.73 Å². The highest BCUT2D eigenvalue weighted by Gasteiger charge is 2.30. The second-order valence-electron chi connectivity index (χ2n) is 4.05. The van der Waals surface area contributed by atoms with E-state index < -0.39 is 0 Å². The number of carbonyl (C=O) groups is 1. The third-order valence-corrected chi connectivity index (χ3v) is 1.98. The van der Waals surface area contributed by atoms with Crippen LogP contribution in [0.3, 0.4) is 0 Å². The lowest BCUT2D eigenvalue weighted by atomic mass is 9.75. The normalized spacial score (nSPS) is 32.3. The predicted molar refractivity (Wildman–Crippen MR) is 40.6 cm³/mol. The average molecular weight is 141 g/mol. The molecule has 1 atom stereocenters. The molecule has 0 saturated heterocycles. The van der Waals surface area contributed by atoms with E-state index in [0.29, 0.717) is 18.6 Å². The van der Waals surface area contributed by atoms with E-state index in [0.717, 1.165) is 6.42 Å². The zero-order valence-electron chi connectivity index (χ0n) is 6.68. The van der Waals surface area contributed by atoms with E-state index in [-0.39, 0.29) is 11.5 Å². The first-order chi connectivity index (χ1) is 4.49. The van der Waals surface area contributed by atoms with Crippen molar-refractivity contribution in [2.45, 2.75) is 39.2 Å². The summed E-state index contributed by atoms with van der Waals surface area (Å²) in [5.74, 6) is 0.323. The fraction of sp³-hybridized carbons (Fsp3) is 0.875. The Hall–Kier alpha value is -0.370. The molecule has 2 nitrogen and oxygen atoms in total. The molecule has 1 fully saturated rings. The van der Waals surface area contributed by atoms with Gasteiger partial charge in [-0.2, -0.15) is 0 Å². The standard InChI is InChI=1S/C8H15NO/c1-8(2)4-6(9)3-7(10)5-8/h6H,3-5,9H2,1-2H3/t6-/m0/s1. The molecule has 0 aromatic rings. The molecule has 0 spiro atoms. The van der Waals surface area contributed by atoms with Gasteiger partial charge in [0.2, 0.25) is 0 Å². The van der Waals surface area contributed by atoms with Crippen molar-refractivity contribution in [2.24, 2.45) is 11.1 Å². The van der Waals surface area contributed by atoms with Crippen LogP contribution in [0, 0.1) is 5.41 Å². The van der Waals surface area contributed by atoms with Crippen molar-refractivity contribution in [3.05, 3.63) is 0 Å². The highest BCUT2D eigenvalue weighted by atomic mass is 16.1. The van der Waals surface area contributed by atoms with E-state index in [1.807, 2.05) is 0 Å². The smallest absolute Gasteiger partial charge is 0.134 e. The Morgan fingerprint density at radius 1 is 1.60 bits per heavy atom. The van der Waals surface area contributed by atoms with Gasteiger partial charge in [0.15, 0.2) is 0 Å². The Bertz CT molecular complexity index is 151. The number of nitrogens with two attached hydrogens (primary N) is 1. The Morgan fingerprint density at radius 2 is 2.20 bits per heavy atom. The number of carbonyl (C=O) groups excluding carboxylic acids is 1. The Balaban J connectivity index is 2.59. The Labute approximate surface area is 61.8 Å². The van der Waals surface area contributed by atoms with Crippen LogP contribution in [0.5, 0.6) is 0 Å². The van der Waals surface area contributed by atoms with Crippen LogP contribution < -0.4 is 5.73 Å². The minimum atomic E-state index is 0.108. The molecule has 2 heteroatoms. The van der Waals surface area contributed by atoms with Crippen molar-refractivity contribution in [3.63, 3.8) is 0 Å². The molecule has 10 heavy (non-hydrogen) atoms. The minimum absolute atomic E-state index is 0.108. The third kappa shape index (κ3) is 1.81. The molecular formula is C8H15NO. The molecule has 0 radical (unpaired) electrons. The lowest BCUT2D eigenvalue weighted by molar-refractivity contribution is -0.123. The molecule has 1 saturated carbocycles. The fourth-order valence-corrected chi connectivity index (χ4v) is 1.75. The summed E-state index contributed by atoms with van der Waals surface area (Å²) in [5.41, 5.74) is 5.83. The lowest BCUT2D eigenvalue weighted by Crippen LogP contribution is -2.37. The zero-order valence-corrected chi connectivity index (χ0v) is 6.68. The van der Waals surface area contributed by atoms with Crippen LogP contribution >= 0.6 is 0 Å². The molecule has 0 heterocycles. The van der Waals surface area contributed by atoms with Gasteiger partial charge in [-0.15, -0.1) is 0 Å². The van der Waals surface area contributed by atoms with Gasteiger partial charge in [-0.05, 0) is 11.8 Å². The molecule has 0 bridgehead atoms. The molecule has 0 unspecified atom stereocenters. The Kier molecular flexibility index (Phi) is 1.82. The maximum absolute atomic E-state index is 11.0. The summed E-state index contributed by atoms with van der Waals surface area (Å²) < 4.78 is 0. The average Bonchev–Trinajstić information content (AvgIpc) is 1.54. The van der Waals surface area contributed by atoms with Gasteiger partial charge in [0, 0.05) is 18.9 Å². The third-order valence-electron chi connectivity index (χ3n) is 1.98. The van der Waals surface area contributed by atoms with Gasteiger partial charge in [0.25, 0.3) is 0 Å². The van der Waals surface area contributed by atoms with Crippen LogP contribution in [0.2, 0.25) is 0 Å². The van der Waals surface area contributed by atoms with E-state index in [1.165, 1.54) is 0 Å². The second kappa shape index (κ2) is 2.35. The first-order valence-electron chi connectivity index (χ1n) is 3.77. The van der Waals surface area contributed by atoms with Gasteiger partial charge in [-0.1, -0.05) is 13.8 Å². The van der Waals surface area contributed by atoms with Crippen molar-refractivity contribution < 1.29 is 4.79 Å². The molecule has 0 aromatic heterocycles. The molecule has 1 rings (SSSR count). The monoisotopic (exact) mass is 141 g/mol. The number of Topliss-reactive ketones (excluding diaryl/α,β-unsaturated/α-hetero) is 1. The first-order valence-corrected chi connectivity index (χ1v) is 3.77. The van der Waals surface area contributed by atoms with Crippen LogP contribution in [0.25, 0.3) is 0 Å². The van der Waals surface area contributed by atoms with E-state index >= 15 is 0 Å². The fourth-order valence-electron chi connectivity index (χ4n) is 1.75. The number of rotatable bonds is 0. The minimum Gasteiger partial charge on any atom is -0.327 e. The summed E-state index contributed by atoms with van der Waals surface area (Å²) in [4.78, 5) is 11.0. The zero-order chi connectivity index (χ0) is 7.78. The maximum Gasteiger partial charge on any atom is 0.134 e. The molecule has 0 aliphatic heterocycles. The summed E-state index contributed by atoms with van der Waals surface area (Å²) in [5, 5.41) is 0. The summed E-state index contributed by atoms with van der Waals surface area (Å²) in [6.07, 6.45) is 2.28. The first kappa shape index (κ1) is 7.73. The van der Waals surface area contributed by atoms with Gasteiger partial charge >= 0.3 is 0 Å². The van der Waals surface area contributed by atoms with Crippen LogP contribution in [0.15, 0.2) is 0 Å². The lowest BCUT2D eigenvalue weighted by Gasteiger charge is -2.32. The molecule has 58 valence electrons. The predicted octanol–water partition coefficient (Wildman–Crippen LogP) is 1.09. The molecule has 2 N–H and O–H groups in total. The van der Waals surface area contributed by atoms with Crippen molar-refractivity contribution in [2.75, 3.05) is 0 Å². The maximum atomic E-state index is 11.0. The highest BCUT2D eigenvalue weighted by molar-refractivity contribution is 5.80. The Morgan fingerprint density at radius 3 is 2.60 bits per heavy atom. The summed E-state index contributed by atoms with van der Waals surface area (Å²) in [6, 6.07) is 0.108. The molecular weight excluding hydrogens is 126 g/mol. The summed E-state index contributed by atoms with van der Waals surface area (Å²) in [7, 11) is 0. The van der Waals surface area contributed by atoms with Crippen LogP contribution in [0.1, 0.15) is 33.1 Å². The molecule has 1 aliphatic rings. The quantitative estimate of drug-likeness (QED) is 0.548. The van der Waals surface area contributed by atoms with Crippen molar-refractivity contribution in [3.8, 4) is 0 Å². The van der Waals surface area contributed by atoms with Gasteiger partial charge in [-0.3, -0.25) is 4.79 Å². The molecule has 0 amide bonds. The number of hydrogen-bond donors (Lipinski definition) is 1. The summed E-state index contributed by atoms with van der Waals surface area (Å²) in [6.45, 7) is 4.20. The topological polar surface area (TPSA) is 43.1 Å². The van der Waals surface area contributed by atoms with Gasteiger partial charge in [0.05, 0.1) is 0 Å². The van der Waals surface area contributed by atoms with Crippen LogP contribution in [-0.2, 0) is 4.79 Å². The number of ketones is 1. The van der Waals surface area contributed by atoms with Gasteiger partial charge < -0.3 is 5.73 Å². The van der Waals surface area contributed by atoms with Crippen molar-refractivity contribution in [1.29, 1.82) is 0 Å². The van der Waals surface area contributed by atoms with Crippen molar-refractivity contribution >= 4 is 5.78 Å². The second-order valence-corrected chi connectivity index (χ2v) is 4.05. The van der Waals surface area contributed by atoms with E-state index in [9.17, 15) is 4.79 Å². The molecule has 0 aromatic carbocycles. The van der Waals surface area contributed by atoms with E-state index in [2.05, 4.69) is 13.8 Å². The summed E-state index contributed by atoms with van der Waals surface area (Å²) >= 11 is 0. The SMILES string of the molecule is CC1(C)CC(=O)C[C@H](N)C1. The van der Waals surface area contributed by atoms with Gasteiger partial charge in [-0.25, -0.2) is 0 Å². The highest BCUT2D eigenvalue weighted by Crippen LogP contribution is 2.32. The largest absolute Gasteiger partial charge is 0.327 e. The van der Waals surface area contributed by atoms with Crippen molar-refractivity contribution in [1.82, 2.24) is 0 Å². The molecule has 1 aliphatic carbocycles. The van der Waals surface area contributed by atoms with Crippen LogP contribution in [-0.4, -0.2) is 11.8 Å². The van der Waals surface area contributed by atoms with E-state index in [1.54, 1.807) is 0 Å².